The van der Waals surface area contributed by atoms with Gasteiger partial charge in [0.05, 0.1) is 19.3 Å². The predicted molar refractivity (Wildman–Crippen MR) is 99.8 cm³/mol. The Hall–Kier alpha value is -0.600. The summed E-state index contributed by atoms with van der Waals surface area (Å²) in [5.41, 5.74) is 0. The standard InChI is InChI=1S/C18H32O15/c1-4-7(19)10(22)14(26)17(31-4)29-3-6-9(21)12(24)15(27)18(33-6)30-2-5-8(20)11(23)13(25)16(28)32-5/h4-28H,2-3H2,1H3. The first kappa shape index (κ1) is 27.0. The maximum absolute atomic E-state index is 10.2. The first-order valence-corrected chi connectivity index (χ1v) is 10.4. The number of hydrogen-bond donors (Lipinski definition) is 10. The van der Waals surface area contributed by atoms with Crippen LogP contribution in [-0.2, 0) is 23.7 Å². The van der Waals surface area contributed by atoms with Gasteiger partial charge in [0.25, 0.3) is 0 Å². The Morgan fingerprint density at radius 3 is 1.45 bits per heavy atom. The Bertz CT molecular complexity index is 576. The number of aliphatic hydroxyl groups excluding tert-OH is 10. The Morgan fingerprint density at radius 1 is 0.485 bits per heavy atom. The van der Waals surface area contributed by atoms with Crippen LogP contribution >= 0.6 is 0 Å². The quantitative estimate of drug-likeness (QED) is 0.167. The first-order valence-electron chi connectivity index (χ1n) is 10.4. The molecule has 3 fully saturated rings. The molecule has 15 unspecified atom stereocenters. The molecular weight excluding hydrogens is 456 g/mol. The van der Waals surface area contributed by atoms with Gasteiger partial charge in [-0.1, -0.05) is 0 Å². The lowest BCUT2D eigenvalue weighted by molar-refractivity contribution is -0.338. The third-order valence-electron chi connectivity index (χ3n) is 6.01. The van der Waals surface area contributed by atoms with Crippen molar-refractivity contribution >= 4 is 0 Å². The van der Waals surface area contributed by atoms with Gasteiger partial charge in [-0.3, -0.25) is 0 Å². The highest BCUT2D eigenvalue weighted by Crippen LogP contribution is 2.27. The van der Waals surface area contributed by atoms with Gasteiger partial charge in [-0.05, 0) is 6.92 Å². The molecule has 15 heteroatoms. The zero-order chi connectivity index (χ0) is 24.6. The van der Waals surface area contributed by atoms with Crippen LogP contribution in [0.1, 0.15) is 6.92 Å². The third-order valence-corrected chi connectivity index (χ3v) is 6.01. The lowest BCUT2D eigenvalue weighted by atomic mass is 9.98. The van der Waals surface area contributed by atoms with E-state index in [0.717, 1.165) is 0 Å². The van der Waals surface area contributed by atoms with E-state index < -0.39 is 105 Å². The summed E-state index contributed by atoms with van der Waals surface area (Å²) in [6.45, 7) is 0.404. The van der Waals surface area contributed by atoms with Crippen LogP contribution in [-0.4, -0.2) is 156 Å². The molecule has 0 radical (unpaired) electrons. The fourth-order valence-electron chi connectivity index (χ4n) is 3.79. The van der Waals surface area contributed by atoms with Crippen molar-refractivity contribution in [1.82, 2.24) is 0 Å². The van der Waals surface area contributed by atoms with Crippen LogP contribution in [0.5, 0.6) is 0 Å². The van der Waals surface area contributed by atoms with E-state index in [0.29, 0.717) is 0 Å². The van der Waals surface area contributed by atoms with Gasteiger partial charge < -0.3 is 74.7 Å². The highest BCUT2D eigenvalue weighted by molar-refractivity contribution is 4.92. The summed E-state index contributed by atoms with van der Waals surface area (Å²) in [5.74, 6) is 0. The molecule has 0 amide bonds. The predicted octanol–water partition coefficient (Wildman–Crippen LogP) is -6.55. The minimum Gasteiger partial charge on any atom is -0.388 e. The highest BCUT2D eigenvalue weighted by Gasteiger charge is 2.48. The molecule has 3 rings (SSSR count). The molecule has 0 aromatic carbocycles. The number of aliphatic hydroxyl groups is 10. The maximum Gasteiger partial charge on any atom is 0.186 e. The Kier molecular flexibility index (Phi) is 8.99. The minimum absolute atomic E-state index is 0.492. The van der Waals surface area contributed by atoms with Crippen molar-refractivity contribution in [2.75, 3.05) is 13.2 Å². The van der Waals surface area contributed by atoms with Gasteiger partial charge in [0, 0.05) is 0 Å². The third kappa shape index (κ3) is 5.64. The van der Waals surface area contributed by atoms with E-state index in [4.69, 9.17) is 23.7 Å². The van der Waals surface area contributed by atoms with E-state index in [1.165, 1.54) is 6.92 Å². The van der Waals surface area contributed by atoms with E-state index in [1.54, 1.807) is 0 Å². The van der Waals surface area contributed by atoms with E-state index in [9.17, 15) is 51.1 Å². The van der Waals surface area contributed by atoms with Crippen LogP contribution in [0.15, 0.2) is 0 Å². The fraction of sp³-hybridized carbons (Fsp3) is 1.00. The van der Waals surface area contributed by atoms with Crippen molar-refractivity contribution in [1.29, 1.82) is 0 Å². The summed E-state index contributed by atoms with van der Waals surface area (Å²) in [7, 11) is 0. The van der Waals surface area contributed by atoms with Crippen LogP contribution < -0.4 is 0 Å². The molecule has 3 heterocycles. The Balaban J connectivity index is 1.57. The van der Waals surface area contributed by atoms with Gasteiger partial charge in [-0.25, -0.2) is 0 Å². The van der Waals surface area contributed by atoms with Gasteiger partial charge in [0.2, 0.25) is 0 Å². The monoisotopic (exact) mass is 488 g/mol. The van der Waals surface area contributed by atoms with Crippen molar-refractivity contribution in [3.05, 3.63) is 0 Å². The van der Waals surface area contributed by atoms with Crippen molar-refractivity contribution in [2.45, 2.75) is 99.0 Å². The second kappa shape index (κ2) is 11.0. The molecule has 15 atom stereocenters. The van der Waals surface area contributed by atoms with Crippen molar-refractivity contribution in [3.8, 4) is 0 Å². The summed E-state index contributed by atoms with van der Waals surface area (Å²) >= 11 is 0. The van der Waals surface area contributed by atoms with Gasteiger partial charge >= 0.3 is 0 Å². The lowest BCUT2D eigenvalue weighted by Crippen LogP contribution is -2.62. The molecule has 0 aromatic heterocycles. The van der Waals surface area contributed by atoms with Gasteiger partial charge in [0.15, 0.2) is 18.9 Å². The molecule has 33 heavy (non-hydrogen) atoms. The molecule has 3 saturated heterocycles. The lowest BCUT2D eigenvalue weighted by Gasteiger charge is -2.43. The van der Waals surface area contributed by atoms with Gasteiger partial charge in [-0.15, -0.1) is 0 Å². The summed E-state index contributed by atoms with van der Waals surface area (Å²) in [6, 6.07) is 0. The number of hydrogen-bond acceptors (Lipinski definition) is 15. The van der Waals surface area contributed by atoms with Crippen LogP contribution in [0.25, 0.3) is 0 Å². The average molecular weight is 488 g/mol. The summed E-state index contributed by atoms with van der Waals surface area (Å²) in [6.07, 6.45) is -23.1. The summed E-state index contributed by atoms with van der Waals surface area (Å²) in [4.78, 5) is 0. The zero-order valence-corrected chi connectivity index (χ0v) is 17.6. The normalized spacial score (nSPS) is 53.7. The topological polar surface area (TPSA) is 248 Å². The molecule has 0 spiro atoms. The summed E-state index contributed by atoms with van der Waals surface area (Å²) < 4.78 is 26.3. The van der Waals surface area contributed by atoms with E-state index in [2.05, 4.69) is 0 Å². The average Bonchev–Trinajstić information content (AvgIpc) is 2.79. The van der Waals surface area contributed by atoms with Crippen LogP contribution in [0.4, 0.5) is 0 Å². The van der Waals surface area contributed by atoms with Crippen LogP contribution in [0.2, 0.25) is 0 Å². The SMILES string of the molecule is CC1OC(OCC2OC(OCC3OC(O)C(O)C(O)C3O)C(O)C(O)C2O)C(O)C(O)C1O. The highest BCUT2D eigenvalue weighted by atomic mass is 16.7. The van der Waals surface area contributed by atoms with Crippen molar-refractivity contribution < 1.29 is 74.7 Å². The molecule has 0 aliphatic carbocycles. The second-order valence-corrected chi connectivity index (χ2v) is 8.40. The Morgan fingerprint density at radius 2 is 0.909 bits per heavy atom. The molecule has 3 aliphatic rings. The molecular formula is C18H32O15. The molecule has 194 valence electrons. The van der Waals surface area contributed by atoms with Gasteiger partial charge in [-0.2, -0.15) is 0 Å². The summed E-state index contributed by atoms with van der Waals surface area (Å²) in [5, 5.41) is 98.9. The van der Waals surface area contributed by atoms with E-state index >= 15 is 0 Å². The molecule has 0 saturated carbocycles. The Labute approximate surface area is 187 Å². The second-order valence-electron chi connectivity index (χ2n) is 8.40. The molecule has 10 N–H and O–H groups in total. The molecule has 0 bridgehead atoms. The molecule has 3 aliphatic heterocycles. The fourth-order valence-corrected chi connectivity index (χ4v) is 3.79. The largest absolute Gasteiger partial charge is 0.388 e. The van der Waals surface area contributed by atoms with Crippen molar-refractivity contribution in [3.63, 3.8) is 0 Å². The van der Waals surface area contributed by atoms with E-state index in [1.807, 2.05) is 0 Å². The van der Waals surface area contributed by atoms with Crippen LogP contribution in [0.3, 0.4) is 0 Å². The van der Waals surface area contributed by atoms with Crippen molar-refractivity contribution in [2.24, 2.45) is 0 Å². The number of ether oxygens (including phenoxy) is 5. The minimum atomic E-state index is -1.80. The first-order chi connectivity index (χ1) is 15.4. The maximum atomic E-state index is 10.2. The van der Waals surface area contributed by atoms with Gasteiger partial charge in [0.1, 0.15) is 67.1 Å². The molecule has 0 aromatic rings. The number of rotatable bonds is 6. The molecule has 15 nitrogen and oxygen atoms in total. The van der Waals surface area contributed by atoms with E-state index in [-0.39, 0.29) is 0 Å². The van der Waals surface area contributed by atoms with Crippen LogP contribution in [0, 0.1) is 0 Å². The zero-order valence-electron chi connectivity index (χ0n) is 17.6. The smallest absolute Gasteiger partial charge is 0.186 e.